The first-order chi connectivity index (χ1) is 11.7. The molecule has 1 aromatic heterocycles. The molecule has 130 valence electrons. The maximum absolute atomic E-state index is 12.4. The zero-order chi connectivity index (χ0) is 17.2. The first-order valence-electron chi connectivity index (χ1n) is 8.85. The highest BCUT2D eigenvalue weighted by Crippen LogP contribution is 2.40. The van der Waals surface area contributed by atoms with Crippen LogP contribution in [0.2, 0.25) is 0 Å². The molecule has 3 saturated heterocycles. The average Bonchev–Trinajstić information content (AvgIpc) is 3.06. The minimum absolute atomic E-state index is 0.183. The highest BCUT2D eigenvalue weighted by Gasteiger charge is 2.40. The molecule has 2 aromatic rings. The van der Waals surface area contributed by atoms with Crippen molar-refractivity contribution in [2.45, 2.75) is 33.1 Å². The summed E-state index contributed by atoms with van der Waals surface area (Å²) in [6, 6.07) is 4.94. The Labute approximate surface area is 142 Å². The van der Waals surface area contributed by atoms with Crippen molar-refractivity contribution in [3.05, 3.63) is 30.0 Å². The van der Waals surface area contributed by atoms with Crippen LogP contribution in [0.15, 0.2) is 24.4 Å². The summed E-state index contributed by atoms with van der Waals surface area (Å²) < 4.78 is 5.64. The van der Waals surface area contributed by atoms with Crippen LogP contribution in [0.25, 0.3) is 10.9 Å². The van der Waals surface area contributed by atoms with Gasteiger partial charge in [-0.05, 0) is 51.0 Å². The van der Waals surface area contributed by atoms with Gasteiger partial charge >= 0.3 is 5.97 Å². The van der Waals surface area contributed by atoms with Crippen molar-refractivity contribution in [2.24, 2.45) is 5.41 Å². The molecule has 5 rings (SSSR count). The number of nitrogens with zero attached hydrogens (tertiary/aromatic N) is 1. The lowest BCUT2D eigenvalue weighted by Gasteiger charge is -2.47. The van der Waals surface area contributed by atoms with E-state index >= 15 is 0 Å². The van der Waals surface area contributed by atoms with Crippen LogP contribution in [0, 0.1) is 5.41 Å². The van der Waals surface area contributed by atoms with Gasteiger partial charge in [-0.25, -0.2) is 4.79 Å². The van der Waals surface area contributed by atoms with E-state index in [0.717, 1.165) is 49.8 Å². The maximum Gasteiger partial charge on any atom is 0.340 e. The van der Waals surface area contributed by atoms with E-state index in [0.29, 0.717) is 12.2 Å². The molecule has 2 bridgehead atoms. The minimum Gasteiger partial charge on any atom is -0.508 e. The predicted molar refractivity (Wildman–Crippen MR) is 94.3 cm³/mol. The summed E-state index contributed by atoms with van der Waals surface area (Å²) in [4.78, 5) is 17.9. The number of phenolic OH excluding ortho intramolecular Hbond substituents is 1. The second-order valence-corrected chi connectivity index (χ2v) is 6.60. The van der Waals surface area contributed by atoms with Crippen molar-refractivity contribution in [1.29, 1.82) is 0 Å². The number of rotatable bonds is 3. The van der Waals surface area contributed by atoms with Crippen LogP contribution in [0.1, 0.15) is 43.5 Å². The van der Waals surface area contributed by atoms with E-state index in [4.69, 9.17) is 4.74 Å². The largest absolute Gasteiger partial charge is 0.508 e. The number of aromatic hydroxyl groups is 1. The number of carbonyl (C=O) groups excluding carboxylic acids is 1. The van der Waals surface area contributed by atoms with Gasteiger partial charge in [-0.15, -0.1) is 0 Å². The second kappa shape index (κ2) is 6.85. The minimum atomic E-state index is -0.278. The molecule has 24 heavy (non-hydrogen) atoms. The zero-order valence-corrected chi connectivity index (χ0v) is 14.5. The van der Waals surface area contributed by atoms with Crippen LogP contribution in [-0.4, -0.2) is 47.2 Å². The zero-order valence-electron chi connectivity index (χ0n) is 14.5. The van der Waals surface area contributed by atoms with E-state index in [1.165, 1.54) is 0 Å². The van der Waals surface area contributed by atoms with Crippen LogP contribution in [0.5, 0.6) is 5.75 Å². The Morgan fingerprint density at radius 2 is 1.92 bits per heavy atom. The molecular formula is C19H26N2O3. The van der Waals surface area contributed by atoms with Crippen LogP contribution in [0.3, 0.4) is 0 Å². The van der Waals surface area contributed by atoms with Gasteiger partial charge in [-0.1, -0.05) is 13.8 Å². The molecule has 0 amide bonds. The predicted octanol–water partition coefficient (Wildman–Crippen LogP) is 3.54. The molecular weight excluding hydrogens is 304 g/mol. The number of phenols is 1. The van der Waals surface area contributed by atoms with Crippen molar-refractivity contribution in [3.63, 3.8) is 0 Å². The molecule has 3 aliphatic rings. The maximum atomic E-state index is 12.4. The molecule has 0 atom stereocenters. The Morgan fingerprint density at radius 3 is 2.58 bits per heavy atom. The van der Waals surface area contributed by atoms with Gasteiger partial charge in [0.2, 0.25) is 0 Å². The third-order valence-electron chi connectivity index (χ3n) is 5.27. The summed E-state index contributed by atoms with van der Waals surface area (Å²) in [6.07, 6.45) is 5.04. The summed E-state index contributed by atoms with van der Waals surface area (Å²) >= 11 is 0. The summed E-state index contributed by atoms with van der Waals surface area (Å²) in [5, 5.41) is 10.3. The topological polar surface area (TPSA) is 65.6 Å². The lowest BCUT2D eigenvalue weighted by atomic mass is 9.73. The molecule has 0 aliphatic carbocycles. The Hall–Kier alpha value is -2.01. The van der Waals surface area contributed by atoms with Crippen LogP contribution < -0.4 is 0 Å². The summed E-state index contributed by atoms with van der Waals surface area (Å²) in [6.45, 7) is 7.90. The Morgan fingerprint density at radius 1 is 1.25 bits per heavy atom. The number of hydrogen-bond acceptors (Lipinski definition) is 4. The van der Waals surface area contributed by atoms with E-state index in [1.807, 2.05) is 13.8 Å². The normalized spacial score (nSPS) is 25.2. The Bertz CT molecular complexity index is 701. The van der Waals surface area contributed by atoms with Crippen LogP contribution in [0.4, 0.5) is 0 Å². The van der Waals surface area contributed by atoms with Gasteiger partial charge in [0, 0.05) is 28.6 Å². The number of ether oxygens (including phenoxy) is 1. The summed E-state index contributed by atoms with van der Waals surface area (Å²) in [7, 11) is 0. The molecule has 5 heteroatoms. The van der Waals surface area contributed by atoms with E-state index < -0.39 is 0 Å². The van der Waals surface area contributed by atoms with Crippen LogP contribution in [-0.2, 0) is 4.74 Å². The number of aromatic nitrogens is 1. The van der Waals surface area contributed by atoms with Gasteiger partial charge in [0.05, 0.1) is 12.2 Å². The third-order valence-corrected chi connectivity index (χ3v) is 5.27. The van der Waals surface area contributed by atoms with E-state index in [2.05, 4.69) is 9.88 Å². The molecule has 4 heterocycles. The fourth-order valence-electron chi connectivity index (χ4n) is 3.69. The number of benzene rings is 1. The fourth-order valence-corrected chi connectivity index (χ4v) is 3.69. The van der Waals surface area contributed by atoms with E-state index in [-0.39, 0.29) is 17.1 Å². The van der Waals surface area contributed by atoms with Crippen molar-refractivity contribution >= 4 is 16.9 Å². The van der Waals surface area contributed by atoms with E-state index in [1.54, 1.807) is 24.4 Å². The van der Waals surface area contributed by atoms with Crippen molar-refractivity contribution in [2.75, 3.05) is 26.2 Å². The quantitative estimate of drug-likeness (QED) is 0.845. The van der Waals surface area contributed by atoms with Gasteiger partial charge < -0.3 is 19.7 Å². The smallest absolute Gasteiger partial charge is 0.340 e. The Kier molecular flexibility index (Phi) is 4.81. The number of carbonyl (C=O) groups is 1. The summed E-state index contributed by atoms with van der Waals surface area (Å²) in [5.74, 6) is -0.0959. The molecule has 0 unspecified atom stereocenters. The van der Waals surface area contributed by atoms with Crippen LogP contribution >= 0.6 is 0 Å². The molecule has 3 aliphatic heterocycles. The number of nitrogens with one attached hydrogen (secondary N) is 1. The van der Waals surface area contributed by atoms with Gasteiger partial charge in [0.25, 0.3) is 0 Å². The SMILES string of the molecule is CC.O=C(OCC12CCN(CC1)CC2)c1c[nH]c2cc(O)ccc12. The summed E-state index contributed by atoms with van der Waals surface area (Å²) in [5.41, 5.74) is 1.48. The van der Waals surface area contributed by atoms with Gasteiger partial charge in [-0.2, -0.15) is 0 Å². The lowest BCUT2D eigenvalue weighted by molar-refractivity contribution is -0.0304. The van der Waals surface area contributed by atoms with Crippen molar-refractivity contribution in [3.8, 4) is 5.75 Å². The highest BCUT2D eigenvalue weighted by molar-refractivity contribution is 6.04. The van der Waals surface area contributed by atoms with E-state index in [9.17, 15) is 9.90 Å². The molecule has 0 spiro atoms. The van der Waals surface area contributed by atoms with Gasteiger partial charge in [-0.3, -0.25) is 0 Å². The van der Waals surface area contributed by atoms with Gasteiger partial charge in [0.1, 0.15) is 5.75 Å². The monoisotopic (exact) mass is 330 g/mol. The second-order valence-electron chi connectivity index (χ2n) is 6.60. The van der Waals surface area contributed by atoms with Crippen molar-refractivity contribution < 1.29 is 14.6 Å². The molecule has 5 nitrogen and oxygen atoms in total. The molecule has 0 radical (unpaired) electrons. The number of fused-ring (bicyclic) bond motifs is 4. The molecule has 0 saturated carbocycles. The lowest BCUT2D eigenvalue weighted by Crippen LogP contribution is -2.50. The Balaban J connectivity index is 0.000000815. The number of piperidine rings is 3. The molecule has 3 fully saturated rings. The highest BCUT2D eigenvalue weighted by atomic mass is 16.5. The number of hydrogen-bond donors (Lipinski definition) is 2. The fraction of sp³-hybridized carbons (Fsp3) is 0.526. The number of esters is 1. The standard InChI is InChI=1S/C17H20N2O3.C2H6/c20-12-1-2-13-14(10-18-15(13)9-12)16(21)22-11-17-3-6-19(7-4-17)8-5-17;1-2/h1-2,9-10,18,20H,3-8,11H2;1-2H3. The molecule has 1 aromatic carbocycles. The first kappa shape index (κ1) is 16.8. The van der Waals surface area contributed by atoms with Gasteiger partial charge in [0.15, 0.2) is 0 Å². The first-order valence-corrected chi connectivity index (χ1v) is 8.85. The molecule has 2 N–H and O–H groups in total. The number of aromatic amines is 1. The average molecular weight is 330 g/mol. The number of H-pyrrole nitrogens is 1. The van der Waals surface area contributed by atoms with Crippen molar-refractivity contribution in [1.82, 2.24) is 9.88 Å². The third kappa shape index (κ3) is 3.13.